The first-order valence-electron chi connectivity index (χ1n) is 4.23. The molecule has 0 amide bonds. The summed E-state index contributed by atoms with van der Waals surface area (Å²) in [6.07, 6.45) is 2.19. The fourth-order valence-corrected chi connectivity index (χ4v) is 0.950. The van der Waals surface area contributed by atoms with Crippen molar-refractivity contribution < 1.29 is 14.2 Å². The summed E-state index contributed by atoms with van der Waals surface area (Å²) in [7, 11) is 0. The Morgan fingerprint density at radius 3 is 1.27 bits per heavy atom. The predicted molar refractivity (Wildman–Crippen MR) is 41.7 cm³/mol. The lowest BCUT2D eigenvalue weighted by Gasteiger charge is -2.02. The lowest BCUT2D eigenvalue weighted by Crippen LogP contribution is -2.08. The van der Waals surface area contributed by atoms with Gasteiger partial charge >= 0.3 is 0 Å². The molecule has 1 aliphatic heterocycles. The van der Waals surface area contributed by atoms with Crippen LogP contribution in [0.3, 0.4) is 0 Å². The zero-order valence-electron chi connectivity index (χ0n) is 6.88. The second-order valence-electron chi connectivity index (χ2n) is 2.54. The van der Waals surface area contributed by atoms with Gasteiger partial charge in [0.05, 0.1) is 26.4 Å². The molecule has 0 aromatic heterocycles. The van der Waals surface area contributed by atoms with Gasteiger partial charge in [0.15, 0.2) is 0 Å². The maximum absolute atomic E-state index is 5.28. The van der Waals surface area contributed by atoms with E-state index in [1.54, 1.807) is 0 Å². The summed E-state index contributed by atoms with van der Waals surface area (Å²) < 4.78 is 15.8. The second-order valence-corrected chi connectivity index (χ2v) is 2.54. The van der Waals surface area contributed by atoms with Crippen LogP contribution in [-0.2, 0) is 14.2 Å². The van der Waals surface area contributed by atoms with Gasteiger partial charge in [-0.3, -0.25) is 0 Å². The van der Waals surface area contributed by atoms with Crippen molar-refractivity contribution in [1.82, 2.24) is 0 Å². The molecule has 1 heterocycles. The SMILES string of the molecule is C1CCOCCOCCOC1. The minimum atomic E-state index is 0.698. The quantitative estimate of drug-likeness (QED) is 0.525. The van der Waals surface area contributed by atoms with Gasteiger partial charge in [-0.1, -0.05) is 0 Å². The molecule has 0 N–H and O–H groups in total. The van der Waals surface area contributed by atoms with E-state index in [-0.39, 0.29) is 0 Å². The summed E-state index contributed by atoms with van der Waals surface area (Å²) in [5, 5.41) is 0. The van der Waals surface area contributed by atoms with E-state index in [0.29, 0.717) is 13.2 Å². The molecule has 0 aliphatic carbocycles. The zero-order valence-corrected chi connectivity index (χ0v) is 6.88. The maximum Gasteiger partial charge on any atom is 0.0701 e. The Hall–Kier alpha value is -0.120. The molecule has 0 atom stereocenters. The molecule has 1 fully saturated rings. The minimum Gasteiger partial charge on any atom is -0.379 e. The van der Waals surface area contributed by atoms with Crippen molar-refractivity contribution in [2.24, 2.45) is 0 Å². The molecule has 3 nitrogen and oxygen atoms in total. The molecule has 0 bridgehead atoms. The first kappa shape index (κ1) is 8.97. The van der Waals surface area contributed by atoms with Gasteiger partial charge in [0.1, 0.15) is 0 Å². The molecular weight excluding hydrogens is 144 g/mol. The molecule has 66 valence electrons. The summed E-state index contributed by atoms with van der Waals surface area (Å²) in [4.78, 5) is 0. The number of ether oxygens (including phenoxy) is 3. The average Bonchev–Trinajstić information content (AvgIpc) is 2.08. The first-order chi connectivity index (χ1) is 5.50. The largest absolute Gasteiger partial charge is 0.379 e. The highest BCUT2D eigenvalue weighted by Gasteiger charge is 1.95. The van der Waals surface area contributed by atoms with Crippen LogP contribution < -0.4 is 0 Å². The van der Waals surface area contributed by atoms with Crippen molar-refractivity contribution in [1.29, 1.82) is 0 Å². The summed E-state index contributed by atoms with van der Waals surface area (Å²) in [6, 6.07) is 0. The smallest absolute Gasteiger partial charge is 0.0701 e. The van der Waals surface area contributed by atoms with Crippen molar-refractivity contribution in [2.45, 2.75) is 12.8 Å². The molecule has 0 spiro atoms. The molecule has 1 aliphatic rings. The van der Waals surface area contributed by atoms with Crippen LogP contribution in [0, 0.1) is 0 Å². The van der Waals surface area contributed by atoms with Crippen molar-refractivity contribution in [3.63, 3.8) is 0 Å². The van der Waals surface area contributed by atoms with Crippen molar-refractivity contribution in [3.05, 3.63) is 0 Å². The third-order valence-electron chi connectivity index (χ3n) is 1.57. The highest BCUT2D eigenvalue weighted by Crippen LogP contribution is 1.93. The second kappa shape index (κ2) is 6.58. The van der Waals surface area contributed by atoms with Gasteiger partial charge in [-0.05, 0) is 12.8 Å². The minimum absolute atomic E-state index is 0.698. The molecule has 1 rings (SSSR count). The Morgan fingerprint density at radius 2 is 0.818 bits per heavy atom. The topological polar surface area (TPSA) is 27.7 Å². The predicted octanol–water partition coefficient (Wildman–Crippen LogP) is 0.830. The first-order valence-corrected chi connectivity index (χ1v) is 4.23. The zero-order chi connectivity index (χ0) is 7.78. The number of hydrogen-bond donors (Lipinski definition) is 0. The normalized spacial score (nSPS) is 24.0. The lowest BCUT2D eigenvalue weighted by atomic mass is 10.3. The third kappa shape index (κ3) is 5.18. The van der Waals surface area contributed by atoms with Gasteiger partial charge in [0.25, 0.3) is 0 Å². The molecular formula is C8H16O3. The maximum atomic E-state index is 5.28. The van der Waals surface area contributed by atoms with Crippen LogP contribution in [0.5, 0.6) is 0 Å². The molecule has 0 unspecified atom stereocenters. The Balaban J connectivity index is 2.02. The highest BCUT2D eigenvalue weighted by atomic mass is 16.5. The van der Waals surface area contributed by atoms with Gasteiger partial charge in [-0.15, -0.1) is 0 Å². The summed E-state index contributed by atoms with van der Waals surface area (Å²) in [6.45, 7) is 4.52. The molecule has 0 saturated carbocycles. The van der Waals surface area contributed by atoms with E-state index in [2.05, 4.69) is 0 Å². The van der Waals surface area contributed by atoms with E-state index in [1.165, 1.54) is 0 Å². The third-order valence-corrected chi connectivity index (χ3v) is 1.57. The van der Waals surface area contributed by atoms with Gasteiger partial charge in [0.2, 0.25) is 0 Å². The van der Waals surface area contributed by atoms with Gasteiger partial charge in [0, 0.05) is 13.2 Å². The molecule has 0 aromatic carbocycles. The van der Waals surface area contributed by atoms with Crippen molar-refractivity contribution >= 4 is 0 Å². The molecule has 0 aromatic rings. The van der Waals surface area contributed by atoms with E-state index in [1.807, 2.05) is 0 Å². The number of hydrogen-bond acceptors (Lipinski definition) is 3. The van der Waals surface area contributed by atoms with Crippen molar-refractivity contribution in [2.75, 3.05) is 39.6 Å². The summed E-state index contributed by atoms with van der Waals surface area (Å²) >= 11 is 0. The Bertz CT molecular complexity index is 47.4. The molecule has 1 saturated heterocycles. The van der Waals surface area contributed by atoms with Crippen LogP contribution in [0.4, 0.5) is 0 Å². The van der Waals surface area contributed by atoms with Gasteiger partial charge < -0.3 is 14.2 Å². The molecule has 11 heavy (non-hydrogen) atoms. The lowest BCUT2D eigenvalue weighted by molar-refractivity contribution is 0.0259. The Labute approximate surface area is 67.6 Å². The fourth-order valence-electron chi connectivity index (χ4n) is 0.950. The van der Waals surface area contributed by atoms with Crippen LogP contribution >= 0.6 is 0 Å². The monoisotopic (exact) mass is 160 g/mol. The number of rotatable bonds is 0. The van der Waals surface area contributed by atoms with E-state index in [4.69, 9.17) is 14.2 Å². The highest BCUT2D eigenvalue weighted by molar-refractivity contribution is 4.41. The van der Waals surface area contributed by atoms with Crippen LogP contribution in [0.15, 0.2) is 0 Å². The average molecular weight is 160 g/mol. The van der Waals surface area contributed by atoms with Gasteiger partial charge in [-0.2, -0.15) is 0 Å². The molecule has 0 radical (unpaired) electrons. The van der Waals surface area contributed by atoms with E-state index in [9.17, 15) is 0 Å². The van der Waals surface area contributed by atoms with Crippen LogP contribution in [-0.4, -0.2) is 39.6 Å². The van der Waals surface area contributed by atoms with Crippen LogP contribution in [0.2, 0.25) is 0 Å². The standard InChI is InChI=1S/C8H16O3/c1-2-4-10-6-8-11-7-5-9-3-1/h1-8H2. The fraction of sp³-hybridized carbons (Fsp3) is 1.00. The summed E-state index contributed by atoms with van der Waals surface area (Å²) in [5.41, 5.74) is 0. The Morgan fingerprint density at radius 1 is 0.455 bits per heavy atom. The Kier molecular flexibility index (Phi) is 5.37. The van der Waals surface area contributed by atoms with Gasteiger partial charge in [-0.25, -0.2) is 0 Å². The van der Waals surface area contributed by atoms with E-state index in [0.717, 1.165) is 39.3 Å². The van der Waals surface area contributed by atoms with Crippen LogP contribution in [0.25, 0.3) is 0 Å². The van der Waals surface area contributed by atoms with Crippen molar-refractivity contribution in [3.8, 4) is 0 Å². The van der Waals surface area contributed by atoms with E-state index < -0.39 is 0 Å². The summed E-state index contributed by atoms with van der Waals surface area (Å²) in [5.74, 6) is 0. The van der Waals surface area contributed by atoms with E-state index >= 15 is 0 Å². The van der Waals surface area contributed by atoms with Crippen LogP contribution in [0.1, 0.15) is 12.8 Å². The molecule has 3 heteroatoms.